The normalized spacial score (nSPS) is 28.9. The highest BCUT2D eigenvalue weighted by molar-refractivity contribution is 6.07. The summed E-state index contributed by atoms with van der Waals surface area (Å²) in [5.74, 6) is 1.66. The van der Waals surface area contributed by atoms with Gasteiger partial charge in [-0.05, 0) is 55.4 Å². The summed E-state index contributed by atoms with van der Waals surface area (Å²) in [4.78, 5) is 15.3. The smallest absolute Gasteiger partial charge is 0.234 e. The van der Waals surface area contributed by atoms with E-state index in [1.807, 2.05) is 0 Å². The minimum absolute atomic E-state index is 0.0343. The zero-order valence-corrected chi connectivity index (χ0v) is 13.8. The number of ether oxygens (including phenoxy) is 1. The Labute approximate surface area is 132 Å². The number of methoxy groups -OCH3 is 1. The summed E-state index contributed by atoms with van der Waals surface area (Å²) >= 11 is 0. The van der Waals surface area contributed by atoms with E-state index in [4.69, 9.17) is 4.74 Å². The zero-order valence-electron chi connectivity index (χ0n) is 13.8. The van der Waals surface area contributed by atoms with Crippen molar-refractivity contribution < 1.29 is 9.53 Å². The van der Waals surface area contributed by atoms with Crippen molar-refractivity contribution in [2.75, 3.05) is 12.0 Å². The Hall–Kier alpha value is -1.51. The quantitative estimate of drug-likeness (QED) is 0.771. The fourth-order valence-corrected chi connectivity index (χ4v) is 5.05. The highest BCUT2D eigenvalue weighted by Crippen LogP contribution is 2.56. The standard InChI is InChI=1S/C19H25NO2/c1-12-11-19(7-5-4-6-8-19)20-17-15(12)9-14(22-3)10-16(17)13(2)18(20)21/h9-10,12-13H,4-8,11H2,1-3H3. The van der Waals surface area contributed by atoms with Crippen molar-refractivity contribution in [1.82, 2.24) is 0 Å². The number of amides is 1. The second-order valence-corrected chi connectivity index (χ2v) is 7.44. The maximum Gasteiger partial charge on any atom is 0.234 e. The van der Waals surface area contributed by atoms with Crippen LogP contribution in [0, 0.1) is 0 Å². The fourth-order valence-electron chi connectivity index (χ4n) is 5.05. The molecule has 2 heterocycles. The van der Waals surface area contributed by atoms with Crippen molar-refractivity contribution >= 4 is 11.6 Å². The first-order valence-corrected chi connectivity index (χ1v) is 8.63. The molecule has 3 nitrogen and oxygen atoms in total. The molecule has 22 heavy (non-hydrogen) atoms. The molecule has 1 saturated carbocycles. The Morgan fingerprint density at radius 1 is 1.14 bits per heavy atom. The maximum absolute atomic E-state index is 13.0. The van der Waals surface area contributed by atoms with Crippen LogP contribution in [-0.4, -0.2) is 18.6 Å². The van der Waals surface area contributed by atoms with E-state index in [2.05, 4.69) is 30.9 Å². The molecule has 2 atom stereocenters. The molecular weight excluding hydrogens is 274 g/mol. The molecule has 0 aromatic heterocycles. The first-order valence-electron chi connectivity index (χ1n) is 8.63. The van der Waals surface area contributed by atoms with Gasteiger partial charge in [0.1, 0.15) is 5.75 Å². The Morgan fingerprint density at radius 2 is 1.82 bits per heavy atom. The molecule has 0 saturated heterocycles. The lowest BCUT2D eigenvalue weighted by Crippen LogP contribution is -2.55. The summed E-state index contributed by atoms with van der Waals surface area (Å²) in [7, 11) is 1.71. The van der Waals surface area contributed by atoms with Gasteiger partial charge in [-0.1, -0.05) is 26.2 Å². The molecule has 1 spiro atoms. The van der Waals surface area contributed by atoms with Crippen molar-refractivity contribution in [1.29, 1.82) is 0 Å². The van der Waals surface area contributed by atoms with E-state index in [0.29, 0.717) is 11.8 Å². The second-order valence-electron chi connectivity index (χ2n) is 7.44. The van der Waals surface area contributed by atoms with E-state index in [9.17, 15) is 4.79 Å². The molecule has 1 aromatic rings. The molecule has 0 N–H and O–H groups in total. The molecule has 3 aliphatic rings. The molecular formula is C19H25NO2. The number of carbonyl (C=O) groups is 1. The summed E-state index contributed by atoms with van der Waals surface area (Å²) in [6, 6.07) is 4.23. The van der Waals surface area contributed by atoms with E-state index in [1.54, 1.807) is 7.11 Å². The third kappa shape index (κ3) is 1.71. The molecule has 3 heteroatoms. The minimum atomic E-state index is -0.0343. The molecule has 0 bridgehead atoms. The van der Waals surface area contributed by atoms with Gasteiger partial charge in [0, 0.05) is 5.54 Å². The number of hydrogen-bond acceptors (Lipinski definition) is 2. The number of anilines is 1. The SMILES string of the molecule is COc1cc2c3c(c1)C(C)C(=O)N3C1(CCCCC1)CC2C. The third-order valence-electron chi connectivity index (χ3n) is 6.13. The molecule has 1 fully saturated rings. The summed E-state index contributed by atoms with van der Waals surface area (Å²) in [6.07, 6.45) is 7.26. The lowest BCUT2D eigenvalue weighted by Gasteiger charge is -2.50. The van der Waals surface area contributed by atoms with Crippen LogP contribution in [0.3, 0.4) is 0 Å². The van der Waals surface area contributed by atoms with Crippen LogP contribution in [0.5, 0.6) is 5.75 Å². The lowest BCUT2D eigenvalue weighted by molar-refractivity contribution is -0.120. The predicted molar refractivity (Wildman–Crippen MR) is 87.7 cm³/mol. The van der Waals surface area contributed by atoms with Gasteiger partial charge in [0.25, 0.3) is 0 Å². The number of nitrogens with zero attached hydrogens (tertiary/aromatic N) is 1. The first kappa shape index (κ1) is 14.1. The van der Waals surface area contributed by atoms with E-state index >= 15 is 0 Å². The van der Waals surface area contributed by atoms with Crippen LogP contribution in [-0.2, 0) is 4.79 Å². The van der Waals surface area contributed by atoms with E-state index in [0.717, 1.165) is 12.2 Å². The molecule has 1 aliphatic carbocycles. The van der Waals surface area contributed by atoms with Gasteiger partial charge in [0.2, 0.25) is 5.91 Å². The summed E-state index contributed by atoms with van der Waals surface area (Å²) < 4.78 is 5.48. The van der Waals surface area contributed by atoms with Crippen LogP contribution in [0.1, 0.15) is 75.3 Å². The Morgan fingerprint density at radius 3 is 2.50 bits per heavy atom. The topological polar surface area (TPSA) is 29.5 Å². The highest BCUT2D eigenvalue weighted by Gasteiger charge is 2.52. The summed E-state index contributed by atoms with van der Waals surface area (Å²) in [5, 5.41) is 0. The maximum atomic E-state index is 13.0. The molecule has 0 radical (unpaired) electrons. The average molecular weight is 299 g/mol. The highest BCUT2D eigenvalue weighted by atomic mass is 16.5. The zero-order chi connectivity index (χ0) is 15.5. The molecule has 1 aromatic carbocycles. The van der Waals surface area contributed by atoms with Gasteiger partial charge in [-0.2, -0.15) is 0 Å². The van der Waals surface area contributed by atoms with Gasteiger partial charge in [-0.25, -0.2) is 0 Å². The van der Waals surface area contributed by atoms with Crippen molar-refractivity contribution in [3.05, 3.63) is 23.3 Å². The third-order valence-corrected chi connectivity index (χ3v) is 6.13. The van der Waals surface area contributed by atoms with E-state index in [1.165, 1.54) is 48.9 Å². The number of carbonyl (C=O) groups excluding carboxylic acids is 1. The van der Waals surface area contributed by atoms with E-state index in [-0.39, 0.29) is 11.5 Å². The number of benzene rings is 1. The minimum Gasteiger partial charge on any atom is -0.497 e. The average Bonchev–Trinajstić information content (AvgIpc) is 2.79. The number of hydrogen-bond donors (Lipinski definition) is 0. The van der Waals surface area contributed by atoms with E-state index < -0.39 is 0 Å². The van der Waals surface area contributed by atoms with Crippen LogP contribution >= 0.6 is 0 Å². The van der Waals surface area contributed by atoms with Crippen LogP contribution in [0.15, 0.2) is 12.1 Å². The molecule has 118 valence electrons. The van der Waals surface area contributed by atoms with Gasteiger partial charge in [0.05, 0.1) is 18.7 Å². The van der Waals surface area contributed by atoms with Gasteiger partial charge >= 0.3 is 0 Å². The Kier molecular flexibility index (Phi) is 3.04. The van der Waals surface area contributed by atoms with Crippen molar-refractivity contribution in [2.45, 2.75) is 69.7 Å². The van der Waals surface area contributed by atoms with Crippen LogP contribution in [0.2, 0.25) is 0 Å². The monoisotopic (exact) mass is 299 g/mol. The van der Waals surface area contributed by atoms with Crippen LogP contribution in [0.4, 0.5) is 5.69 Å². The van der Waals surface area contributed by atoms with Gasteiger partial charge in [-0.3, -0.25) is 4.79 Å². The molecule has 1 amide bonds. The Balaban J connectivity index is 1.92. The predicted octanol–water partition coefficient (Wildman–Crippen LogP) is 4.36. The second kappa shape index (κ2) is 4.74. The van der Waals surface area contributed by atoms with Gasteiger partial charge in [-0.15, -0.1) is 0 Å². The van der Waals surface area contributed by atoms with Gasteiger partial charge < -0.3 is 9.64 Å². The summed E-state index contributed by atoms with van der Waals surface area (Å²) in [6.45, 7) is 4.37. The van der Waals surface area contributed by atoms with Crippen molar-refractivity contribution in [3.63, 3.8) is 0 Å². The van der Waals surface area contributed by atoms with Crippen LogP contribution in [0.25, 0.3) is 0 Å². The van der Waals surface area contributed by atoms with Crippen molar-refractivity contribution in [2.24, 2.45) is 0 Å². The summed E-state index contributed by atoms with van der Waals surface area (Å²) in [5.41, 5.74) is 3.79. The number of rotatable bonds is 1. The largest absolute Gasteiger partial charge is 0.497 e. The molecule has 4 rings (SSSR count). The first-order chi connectivity index (χ1) is 10.6. The van der Waals surface area contributed by atoms with Crippen molar-refractivity contribution in [3.8, 4) is 5.75 Å². The van der Waals surface area contributed by atoms with Gasteiger partial charge in [0.15, 0.2) is 0 Å². The molecule has 2 aliphatic heterocycles. The fraction of sp³-hybridized carbons (Fsp3) is 0.632. The van der Waals surface area contributed by atoms with Crippen LogP contribution < -0.4 is 9.64 Å². The Bertz CT molecular complexity index is 631. The lowest BCUT2D eigenvalue weighted by atomic mass is 9.70. The molecule has 2 unspecified atom stereocenters. The number of fused-ring (bicyclic) bond motifs is 1.